The van der Waals surface area contributed by atoms with Gasteiger partial charge in [-0.25, -0.2) is 9.78 Å². The van der Waals surface area contributed by atoms with Crippen molar-refractivity contribution in [2.24, 2.45) is 14.1 Å². The van der Waals surface area contributed by atoms with Crippen molar-refractivity contribution in [3.63, 3.8) is 0 Å². The van der Waals surface area contributed by atoms with Gasteiger partial charge in [0, 0.05) is 19.0 Å². The van der Waals surface area contributed by atoms with E-state index in [1.54, 1.807) is 0 Å². The van der Waals surface area contributed by atoms with E-state index in [2.05, 4.69) is 16.4 Å². The molecule has 0 aromatic carbocycles. The summed E-state index contributed by atoms with van der Waals surface area (Å²) in [4.78, 5) is 43.4. The molecule has 0 bridgehead atoms. The fourth-order valence-electron chi connectivity index (χ4n) is 4.08. The summed E-state index contributed by atoms with van der Waals surface area (Å²) in [6.45, 7) is 1.84. The zero-order chi connectivity index (χ0) is 21.6. The maximum absolute atomic E-state index is 13.2. The smallest absolute Gasteiger partial charge is 0.315 e. The van der Waals surface area contributed by atoms with E-state index in [1.807, 2.05) is 6.92 Å². The average molecular weight is 427 g/mol. The standard InChI is InChI=1S/C20H22N6O3S/c1-4-13(26-10-22-16-15(26)19(28)25(3)20(29)24(16)2)17(27)23-18-12(9-21)11-7-5-6-8-14(11)30-18/h10,13H,4-8H2,1-3H3,(H,23,27). The molecule has 30 heavy (non-hydrogen) atoms. The van der Waals surface area contributed by atoms with Crippen molar-refractivity contribution in [2.45, 2.75) is 45.1 Å². The summed E-state index contributed by atoms with van der Waals surface area (Å²) >= 11 is 1.46. The fraction of sp³-hybridized carbons (Fsp3) is 0.450. The van der Waals surface area contributed by atoms with E-state index in [1.165, 1.54) is 40.9 Å². The number of hydrogen-bond acceptors (Lipinski definition) is 6. The van der Waals surface area contributed by atoms with Crippen molar-refractivity contribution in [1.29, 1.82) is 5.26 Å². The van der Waals surface area contributed by atoms with Gasteiger partial charge in [-0.2, -0.15) is 5.26 Å². The summed E-state index contributed by atoms with van der Waals surface area (Å²) in [7, 11) is 2.94. The molecular weight excluding hydrogens is 404 g/mol. The first kappa shape index (κ1) is 20.1. The minimum Gasteiger partial charge on any atom is -0.315 e. The summed E-state index contributed by atoms with van der Waals surface area (Å²) in [5.74, 6) is -0.317. The number of thiophene rings is 1. The third-order valence-corrected chi connectivity index (χ3v) is 6.93. The lowest BCUT2D eigenvalue weighted by atomic mass is 9.96. The maximum atomic E-state index is 13.2. The molecule has 0 aliphatic heterocycles. The van der Waals surface area contributed by atoms with Crippen LogP contribution in [0.2, 0.25) is 0 Å². The van der Waals surface area contributed by atoms with Crippen LogP contribution in [0.1, 0.15) is 48.2 Å². The van der Waals surface area contributed by atoms with Crippen molar-refractivity contribution in [3.8, 4) is 6.07 Å². The Morgan fingerprint density at radius 3 is 2.73 bits per heavy atom. The number of carbonyl (C=O) groups is 1. The van der Waals surface area contributed by atoms with Gasteiger partial charge in [0.2, 0.25) is 5.91 Å². The molecule has 3 aromatic rings. The number of nitrogens with one attached hydrogen (secondary N) is 1. The number of aryl methyl sites for hydroxylation is 2. The first-order valence-corrected chi connectivity index (χ1v) is 10.7. The second kappa shape index (κ2) is 7.57. The van der Waals surface area contributed by atoms with Crippen LogP contribution in [0.5, 0.6) is 0 Å². The number of amides is 1. The van der Waals surface area contributed by atoms with Crippen LogP contribution in [0, 0.1) is 11.3 Å². The molecule has 1 aliphatic carbocycles. The second-order valence-electron chi connectivity index (χ2n) is 7.47. The highest BCUT2D eigenvalue weighted by Gasteiger charge is 2.27. The molecule has 156 valence electrons. The molecule has 1 atom stereocenters. The Labute approximate surface area is 176 Å². The number of nitriles is 1. The highest BCUT2D eigenvalue weighted by Crippen LogP contribution is 2.38. The summed E-state index contributed by atoms with van der Waals surface area (Å²) in [6, 6.07) is 1.54. The Morgan fingerprint density at radius 1 is 1.30 bits per heavy atom. The van der Waals surface area contributed by atoms with Crippen LogP contribution in [0.4, 0.5) is 5.00 Å². The Hall–Kier alpha value is -3.19. The number of hydrogen-bond donors (Lipinski definition) is 1. The van der Waals surface area contributed by atoms with Crippen molar-refractivity contribution in [3.05, 3.63) is 43.2 Å². The highest BCUT2D eigenvalue weighted by atomic mass is 32.1. The summed E-state index contributed by atoms with van der Waals surface area (Å²) in [5.41, 5.74) is 1.06. The first-order valence-electron chi connectivity index (χ1n) is 9.87. The fourth-order valence-corrected chi connectivity index (χ4v) is 5.32. The van der Waals surface area contributed by atoms with Gasteiger partial charge >= 0.3 is 5.69 Å². The second-order valence-corrected chi connectivity index (χ2v) is 8.58. The van der Waals surface area contributed by atoms with Gasteiger partial charge in [0.25, 0.3) is 5.56 Å². The number of carbonyl (C=O) groups excluding carboxylic acids is 1. The van der Waals surface area contributed by atoms with Crippen LogP contribution < -0.4 is 16.6 Å². The summed E-state index contributed by atoms with van der Waals surface area (Å²) in [5, 5.41) is 13.1. The van der Waals surface area contributed by atoms with Crippen LogP contribution in [-0.4, -0.2) is 24.6 Å². The van der Waals surface area contributed by atoms with E-state index in [0.717, 1.165) is 40.7 Å². The number of anilines is 1. The minimum absolute atomic E-state index is 0.201. The predicted molar refractivity (Wildman–Crippen MR) is 114 cm³/mol. The topological polar surface area (TPSA) is 115 Å². The Morgan fingerprint density at radius 2 is 2.03 bits per heavy atom. The molecule has 1 aliphatic rings. The van der Waals surface area contributed by atoms with Gasteiger partial charge in [-0.3, -0.25) is 18.7 Å². The largest absolute Gasteiger partial charge is 0.332 e. The molecule has 1 unspecified atom stereocenters. The van der Waals surface area contributed by atoms with Gasteiger partial charge in [-0.05, 0) is 37.7 Å². The predicted octanol–water partition coefficient (Wildman–Crippen LogP) is 1.84. The number of imidazole rings is 1. The van der Waals surface area contributed by atoms with Crippen molar-refractivity contribution in [1.82, 2.24) is 18.7 Å². The lowest BCUT2D eigenvalue weighted by Gasteiger charge is -2.17. The van der Waals surface area contributed by atoms with Gasteiger partial charge in [0.1, 0.15) is 17.1 Å². The monoisotopic (exact) mass is 426 g/mol. The lowest BCUT2D eigenvalue weighted by Crippen LogP contribution is -2.38. The van der Waals surface area contributed by atoms with Gasteiger partial charge in [-0.15, -0.1) is 11.3 Å². The molecule has 0 saturated carbocycles. The van der Waals surface area contributed by atoms with Crippen molar-refractivity contribution < 1.29 is 4.79 Å². The van der Waals surface area contributed by atoms with Crippen LogP contribution >= 0.6 is 11.3 Å². The molecule has 4 rings (SSSR count). The molecule has 0 radical (unpaired) electrons. The van der Waals surface area contributed by atoms with Crippen molar-refractivity contribution >= 4 is 33.4 Å². The molecule has 0 fully saturated rings. The SMILES string of the molecule is CCC(C(=O)Nc1sc2c(c1C#N)CCCC2)n1cnc2c1c(=O)n(C)c(=O)n2C. The van der Waals surface area contributed by atoms with E-state index in [9.17, 15) is 19.6 Å². The molecule has 1 amide bonds. The highest BCUT2D eigenvalue weighted by molar-refractivity contribution is 7.16. The zero-order valence-corrected chi connectivity index (χ0v) is 17.9. The van der Waals surface area contributed by atoms with E-state index < -0.39 is 17.3 Å². The van der Waals surface area contributed by atoms with Gasteiger partial charge < -0.3 is 9.88 Å². The van der Waals surface area contributed by atoms with Crippen LogP contribution in [0.25, 0.3) is 11.2 Å². The maximum Gasteiger partial charge on any atom is 0.332 e. The van der Waals surface area contributed by atoms with Crippen LogP contribution in [0.15, 0.2) is 15.9 Å². The molecule has 10 heteroatoms. The molecule has 1 N–H and O–H groups in total. The minimum atomic E-state index is -0.703. The molecule has 0 saturated heterocycles. The normalized spacial score (nSPS) is 14.3. The molecule has 0 spiro atoms. The number of fused-ring (bicyclic) bond motifs is 2. The van der Waals surface area contributed by atoms with Gasteiger partial charge in [-0.1, -0.05) is 6.92 Å². The lowest BCUT2D eigenvalue weighted by molar-refractivity contribution is -0.119. The number of rotatable bonds is 4. The van der Waals surface area contributed by atoms with Crippen LogP contribution in [-0.2, 0) is 31.7 Å². The van der Waals surface area contributed by atoms with E-state index in [-0.39, 0.29) is 17.1 Å². The zero-order valence-electron chi connectivity index (χ0n) is 17.1. The third-order valence-electron chi connectivity index (χ3n) is 5.72. The summed E-state index contributed by atoms with van der Waals surface area (Å²) < 4.78 is 3.82. The third kappa shape index (κ3) is 2.97. The Kier molecular flexibility index (Phi) is 5.07. The average Bonchev–Trinajstić information content (AvgIpc) is 3.32. The molecule has 3 heterocycles. The van der Waals surface area contributed by atoms with Gasteiger partial charge in [0.05, 0.1) is 11.9 Å². The quantitative estimate of drug-likeness (QED) is 0.684. The van der Waals surface area contributed by atoms with E-state index >= 15 is 0 Å². The van der Waals surface area contributed by atoms with Gasteiger partial charge in [0.15, 0.2) is 11.2 Å². The van der Waals surface area contributed by atoms with E-state index in [4.69, 9.17) is 0 Å². The Balaban J connectivity index is 1.75. The Bertz CT molecular complexity index is 1320. The summed E-state index contributed by atoms with van der Waals surface area (Å²) in [6.07, 6.45) is 5.76. The molecule has 3 aromatic heterocycles. The number of aromatic nitrogens is 4. The van der Waals surface area contributed by atoms with E-state index in [0.29, 0.717) is 17.0 Å². The number of nitrogens with zero attached hydrogens (tertiary/aromatic N) is 5. The molecular formula is C20H22N6O3S. The first-order chi connectivity index (χ1) is 14.4. The molecule has 9 nitrogen and oxygen atoms in total. The van der Waals surface area contributed by atoms with Crippen molar-refractivity contribution in [2.75, 3.05) is 5.32 Å². The van der Waals surface area contributed by atoms with Crippen LogP contribution in [0.3, 0.4) is 0 Å².